The lowest BCUT2D eigenvalue weighted by molar-refractivity contribution is 0.0179. The molecule has 3 N–H and O–H groups in total. The van der Waals surface area contributed by atoms with Gasteiger partial charge >= 0.3 is 12.1 Å². The summed E-state index contributed by atoms with van der Waals surface area (Å²) >= 11 is 6.31. The number of ether oxygens (including phenoxy) is 2. The Kier molecular flexibility index (Phi) is 7.04. The zero-order valence-corrected chi connectivity index (χ0v) is 17.9. The molecule has 1 aromatic carbocycles. The first kappa shape index (κ1) is 22.1. The number of nitrogens with one attached hydrogen (secondary N) is 1. The van der Waals surface area contributed by atoms with Crippen molar-refractivity contribution < 1.29 is 19.1 Å². The number of hydrogen-bond donors (Lipinski definition) is 2. The third kappa shape index (κ3) is 5.67. The summed E-state index contributed by atoms with van der Waals surface area (Å²) in [6.45, 7) is 8.93. The van der Waals surface area contributed by atoms with Gasteiger partial charge in [-0.15, -0.1) is 0 Å². The van der Waals surface area contributed by atoms with Gasteiger partial charge in [0.2, 0.25) is 0 Å². The molecule has 8 heteroatoms. The van der Waals surface area contributed by atoms with Gasteiger partial charge in [0, 0.05) is 19.1 Å². The Morgan fingerprint density at radius 1 is 1.29 bits per heavy atom. The Morgan fingerprint density at radius 2 is 1.89 bits per heavy atom. The molecule has 1 aromatic rings. The highest BCUT2D eigenvalue weighted by atomic mass is 35.5. The summed E-state index contributed by atoms with van der Waals surface area (Å²) < 4.78 is 10.2. The van der Waals surface area contributed by atoms with E-state index in [0.717, 1.165) is 12.8 Å². The van der Waals surface area contributed by atoms with Crippen molar-refractivity contribution in [1.82, 2.24) is 4.90 Å². The number of anilines is 2. The van der Waals surface area contributed by atoms with E-state index in [4.69, 9.17) is 26.8 Å². The normalized spacial score (nSPS) is 16.4. The first-order valence-electron chi connectivity index (χ1n) is 9.43. The van der Waals surface area contributed by atoms with Gasteiger partial charge in [-0.3, -0.25) is 0 Å². The number of methoxy groups -OCH3 is 1. The Morgan fingerprint density at radius 3 is 2.43 bits per heavy atom. The van der Waals surface area contributed by atoms with Crippen molar-refractivity contribution in [3.05, 3.63) is 22.7 Å². The monoisotopic (exact) mass is 411 g/mol. The number of amides is 1. The van der Waals surface area contributed by atoms with Crippen molar-refractivity contribution in [3.63, 3.8) is 0 Å². The zero-order valence-electron chi connectivity index (χ0n) is 17.2. The number of likely N-dealkylation sites (tertiary alicyclic amines) is 1. The fourth-order valence-corrected chi connectivity index (χ4v) is 3.42. The maximum absolute atomic E-state index is 12.2. The van der Waals surface area contributed by atoms with E-state index in [1.165, 1.54) is 13.2 Å². The standard InChI is InChI=1S/C20H30ClN3O4/c1-12(13-6-8-24(9-7-13)19(26)28-20(2,3)4)23-16-11-14(18(25)27-5)10-15(22)17(16)21/h10-13,23H,6-9,22H2,1-5H3. The van der Waals surface area contributed by atoms with Crippen molar-refractivity contribution in [2.45, 2.75) is 52.2 Å². The number of carbonyl (C=O) groups excluding carboxylic acids is 2. The van der Waals surface area contributed by atoms with Crippen LogP contribution in [0.4, 0.5) is 16.2 Å². The molecule has 0 saturated carbocycles. The largest absolute Gasteiger partial charge is 0.465 e. The maximum atomic E-state index is 12.2. The van der Waals surface area contributed by atoms with Gasteiger partial charge in [0.15, 0.2) is 0 Å². The van der Waals surface area contributed by atoms with Crippen LogP contribution in [-0.2, 0) is 9.47 Å². The summed E-state index contributed by atoms with van der Waals surface area (Å²) in [6, 6.07) is 3.24. The predicted molar refractivity (Wildman–Crippen MR) is 111 cm³/mol. The molecular formula is C20H30ClN3O4. The third-order valence-corrected chi connectivity index (χ3v) is 5.23. The van der Waals surface area contributed by atoms with Crippen LogP contribution in [-0.4, -0.2) is 48.8 Å². The van der Waals surface area contributed by atoms with E-state index in [-0.39, 0.29) is 12.1 Å². The van der Waals surface area contributed by atoms with Crippen molar-refractivity contribution in [2.75, 3.05) is 31.2 Å². The topological polar surface area (TPSA) is 93.9 Å². The summed E-state index contributed by atoms with van der Waals surface area (Å²) in [5.74, 6) is -0.123. The molecule has 0 aliphatic carbocycles. The molecule has 0 bridgehead atoms. The summed E-state index contributed by atoms with van der Waals surface area (Å²) in [6.07, 6.45) is 1.42. The summed E-state index contributed by atoms with van der Waals surface area (Å²) in [4.78, 5) is 25.8. The van der Waals surface area contributed by atoms with E-state index in [2.05, 4.69) is 12.2 Å². The number of esters is 1. The van der Waals surface area contributed by atoms with Crippen LogP contribution in [0.1, 0.15) is 50.9 Å². The van der Waals surface area contributed by atoms with Crippen LogP contribution in [0.3, 0.4) is 0 Å². The molecular weight excluding hydrogens is 382 g/mol. The number of rotatable bonds is 4. The highest BCUT2D eigenvalue weighted by Gasteiger charge is 2.29. The average molecular weight is 412 g/mol. The third-order valence-electron chi connectivity index (χ3n) is 4.80. The Balaban J connectivity index is 1.99. The lowest BCUT2D eigenvalue weighted by Crippen LogP contribution is -2.44. The molecule has 0 aromatic heterocycles. The van der Waals surface area contributed by atoms with Crippen LogP contribution in [0.2, 0.25) is 5.02 Å². The molecule has 0 spiro atoms. The zero-order chi connectivity index (χ0) is 21.1. The highest BCUT2D eigenvalue weighted by molar-refractivity contribution is 6.36. The van der Waals surface area contributed by atoms with Crippen LogP contribution in [0.15, 0.2) is 12.1 Å². The van der Waals surface area contributed by atoms with Crippen LogP contribution < -0.4 is 11.1 Å². The van der Waals surface area contributed by atoms with Crippen molar-refractivity contribution >= 4 is 35.0 Å². The van der Waals surface area contributed by atoms with Crippen LogP contribution in [0.5, 0.6) is 0 Å². The minimum atomic E-state index is -0.496. The molecule has 1 aliphatic heterocycles. The molecule has 1 atom stereocenters. The van der Waals surface area contributed by atoms with E-state index in [0.29, 0.717) is 41.0 Å². The first-order valence-corrected chi connectivity index (χ1v) is 9.81. The van der Waals surface area contributed by atoms with E-state index in [1.807, 2.05) is 20.8 Å². The van der Waals surface area contributed by atoms with Gasteiger partial charge in [-0.2, -0.15) is 0 Å². The summed E-state index contributed by atoms with van der Waals surface area (Å²) in [5.41, 5.74) is 6.70. The van der Waals surface area contributed by atoms with Crippen molar-refractivity contribution in [2.24, 2.45) is 5.92 Å². The SMILES string of the molecule is COC(=O)c1cc(N)c(Cl)c(NC(C)C2CCN(C(=O)OC(C)(C)C)CC2)c1. The van der Waals surface area contributed by atoms with Crippen LogP contribution >= 0.6 is 11.6 Å². The molecule has 156 valence electrons. The molecule has 28 heavy (non-hydrogen) atoms. The fraction of sp³-hybridized carbons (Fsp3) is 0.600. The number of nitrogens with zero attached hydrogens (tertiary/aromatic N) is 1. The number of halogens is 1. The van der Waals surface area contributed by atoms with Gasteiger partial charge in [0.1, 0.15) is 5.60 Å². The second kappa shape index (κ2) is 8.90. The number of nitrogens with two attached hydrogens (primary N) is 1. The second-order valence-corrected chi connectivity index (χ2v) is 8.53. The molecule has 7 nitrogen and oxygen atoms in total. The smallest absolute Gasteiger partial charge is 0.410 e. The first-order chi connectivity index (χ1) is 13.0. The van der Waals surface area contributed by atoms with Gasteiger partial charge < -0.3 is 25.4 Å². The fourth-order valence-electron chi connectivity index (χ4n) is 3.26. The molecule has 1 aliphatic rings. The van der Waals surface area contributed by atoms with E-state index < -0.39 is 11.6 Å². The highest BCUT2D eigenvalue weighted by Crippen LogP contribution is 2.32. The molecule has 1 amide bonds. The minimum absolute atomic E-state index is 0.0885. The lowest BCUT2D eigenvalue weighted by atomic mass is 9.90. The molecule has 1 saturated heterocycles. The molecule has 0 radical (unpaired) electrons. The second-order valence-electron chi connectivity index (χ2n) is 8.16. The summed E-state index contributed by atoms with van der Waals surface area (Å²) in [5, 5.41) is 3.75. The minimum Gasteiger partial charge on any atom is -0.465 e. The lowest BCUT2D eigenvalue weighted by Gasteiger charge is -2.36. The van der Waals surface area contributed by atoms with Gasteiger partial charge in [-0.05, 0) is 58.6 Å². The molecule has 1 fully saturated rings. The average Bonchev–Trinajstić information content (AvgIpc) is 2.63. The van der Waals surface area contributed by atoms with Crippen molar-refractivity contribution in [1.29, 1.82) is 0 Å². The van der Waals surface area contributed by atoms with Crippen LogP contribution in [0.25, 0.3) is 0 Å². The predicted octanol–water partition coefficient (Wildman–Crippen LogP) is 4.16. The Bertz CT molecular complexity index is 725. The number of benzene rings is 1. The summed E-state index contributed by atoms with van der Waals surface area (Å²) in [7, 11) is 1.32. The number of piperidine rings is 1. The van der Waals surface area contributed by atoms with Gasteiger partial charge in [0.05, 0.1) is 29.1 Å². The Hall–Kier alpha value is -2.15. The van der Waals surface area contributed by atoms with Crippen LogP contribution in [0, 0.1) is 5.92 Å². The molecule has 2 rings (SSSR count). The molecule has 1 heterocycles. The van der Waals surface area contributed by atoms with Gasteiger partial charge in [-0.25, -0.2) is 9.59 Å². The van der Waals surface area contributed by atoms with E-state index in [1.54, 1.807) is 11.0 Å². The number of carbonyl (C=O) groups is 2. The Labute approximate surface area is 171 Å². The van der Waals surface area contributed by atoms with Gasteiger partial charge in [-0.1, -0.05) is 11.6 Å². The van der Waals surface area contributed by atoms with E-state index >= 15 is 0 Å². The maximum Gasteiger partial charge on any atom is 0.410 e. The molecule has 1 unspecified atom stereocenters. The van der Waals surface area contributed by atoms with E-state index in [9.17, 15) is 9.59 Å². The number of nitrogen functional groups attached to an aromatic ring is 1. The van der Waals surface area contributed by atoms with Crippen molar-refractivity contribution in [3.8, 4) is 0 Å². The van der Waals surface area contributed by atoms with Gasteiger partial charge in [0.25, 0.3) is 0 Å². The quantitative estimate of drug-likeness (QED) is 0.570. The number of hydrogen-bond acceptors (Lipinski definition) is 6.